The van der Waals surface area contributed by atoms with Crippen molar-refractivity contribution in [1.29, 1.82) is 0 Å². The third-order valence-corrected chi connectivity index (χ3v) is 4.17. The van der Waals surface area contributed by atoms with Crippen molar-refractivity contribution in [2.75, 3.05) is 33.2 Å². The van der Waals surface area contributed by atoms with Gasteiger partial charge in [-0.1, -0.05) is 0 Å². The molecule has 2 aliphatic heterocycles. The highest BCUT2D eigenvalue weighted by atomic mass is 16.1. The predicted octanol–water partition coefficient (Wildman–Crippen LogP) is 0.0728. The fourth-order valence-corrected chi connectivity index (χ4v) is 2.78. The Morgan fingerprint density at radius 2 is 1.75 bits per heavy atom. The Bertz CT molecular complexity index is 241. The lowest BCUT2D eigenvalue weighted by Crippen LogP contribution is -2.55. The van der Waals surface area contributed by atoms with Crippen LogP contribution in [0.3, 0.4) is 0 Å². The summed E-state index contributed by atoms with van der Waals surface area (Å²) < 4.78 is 0. The summed E-state index contributed by atoms with van der Waals surface area (Å²) in [5, 5.41) is 0. The molecule has 4 nitrogen and oxygen atoms in total. The lowest BCUT2D eigenvalue weighted by atomic mass is 9.88. The number of hydrogen-bond donors (Lipinski definition) is 1. The molecule has 2 fully saturated rings. The van der Waals surface area contributed by atoms with Crippen LogP contribution in [0.15, 0.2) is 0 Å². The van der Waals surface area contributed by atoms with Crippen molar-refractivity contribution in [3.05, 3.63) is 0 Å². The quantitative estimate of drug-likeness (QED) is 0.676. The van der Waals surface area contributed by atoms with Gasteiger partial charge in [-0.2, -0.15) is 0 Å². The van der Waals surface area contributed by atoms with Crippen LogP contribution in [0.5, 0.6) is 0 Å². The summed E-state index contributed by atoms with van der Waals surface area (Å²) in [4.78, 5) is 15.8. The number of likely N-dealkylation sites (tertiary alicyclic amines) is 2. The number of carbonyl (C=O) groups excluding carboxylic acids is 1. The molecule has 4 heteroatoms. The molecule has 0 radical (unpaired) electrons. The SMILES string of the molecule is CN1CCC(N2CCC(N)(C=O)CC2)CC1. The van der Waals surface area contributed by atoms with Crippen molar-refractivity contribution in [2.24, 2.45) is 5.73 Å². The molecule has 2 N–H and O–H groups in total. The Hall–Kier alpha value is -0.450. The number of piperidine rings is 2. The van der Waals surface area contributed by atoms with Gasteiger partial charge in [0.05, 0.1) is 5.54 Å². The van der Waals surface area contributed by atoms with E-state index in [2.05, 4.69) is 16.8 Å². The average molecular weight is 225 g/mol. The van der Waals surface area contributed by atoms with Crippen LogP contribution in [-0.2, 0) is 4.79 Å². The number of nitrogens with two attached hydrogens (primary N) is 1. The van der Waals surface area contributed by atoms with Gasteiger partial charge in [-0.25, -0.2) is 0 Å². The van der Waals surface area contributed by atoms with E-state index in [-0.39, 0.29) is 0 Å². The van der Waals surface area contributed by atoms with E-state index in [9.17, 15) is 4.79 Å². The summed E-state index contributed by atoms with van der Waals surface area (Å²) in [6.45, 7) is 4.37. The molecule has 0 amide bonds. The first-order chi connectivity index (χ1) is 7.63. The molecule has 2 rings (SSSR count). The zero-order valence-corrected chi connectivity index (χ0v) is 10.2. The van der Waals surface area contributed by atoms with Crippen LogP contribution in [0.25, 0.3) is 0 Å². The highest BCUT2D eigenvalue weighted by molar-refractivity contribution is 5.63. The Kier molecular flexibility index (Phi) is 3.62. The second-order valence-corrected chi connectivity index (χ2v) is 5.42. The fraction of sp³-hybridized carbons (Fsp3) is 0.917. The van der Waals surface area contributed by atoms with E-state index >= 15 is 0 Å². The number of carbonyl (C=O) groups is 1. The molecule has 92 valence electrons. The monoisotopic (exact) mass is 225 g/mol. The van der Waals surface area contributed by atoms with Crippen molar-refractivity contribution in [1.82, 2.24) is 9.80 Å². The molecule has 0 aromatic heterocycles. The Labute approximate surface area is 97.8 Å². The van der Waals surface area contributed by atoms with Gasteiger partial charge >= 0.3 is 0 Å². The third-order valence-electron chi connectivity index (χ3n) is 4.17. The number of aldehydes is 1. The van der Waals surface area contributed by atoms with Crippen LogP contribution in [0, 0.1) is 0 Å². The van der Waals surface area contributed by atoms with Crippen molar-refractivity contribution in [2.45, 2.75) is 37.3 Å². The van der Waals surface area contributed by atoms with Crippen molar-refractivity contribution >= 4 is 6.29 Å². The largest absolute Gasteiger partial charge is 0.319 e. The Morgan fingerprint density at radius 3 is 2.25 bits per heavy atom. The standard InChI is InChI=1S/C12H23N3O/c1-14-6-2-11(3-7-14)15-8-4-12(13,10-16)5-9-15/h10-11H,2-9,13H2,1H3. The molecule has 16 heavy (non-hydrogen) atoms. The topological polar surface area (TPSA) is 49.6 Å². The molecule has 2 heterocycles. The van der Waals surface area contributed by atoms with Gasteiger partial charge in [-0.3, -0.25) is 0 Å². The van der Waals surface area contributed by atoms with Crippen LogP contribution in [0.4, 0.5) is 0 Å². The summed E-state index contributed by atoms with van der Waals surface area (Å²) in [6, 6.07) is 0.715. The Balaban J connectivity index is 1.82. The maximum atomic E-state index is 10.9. The second kappa shape index (κ2) is 4.82. The van der Waals surface area contributed by atoms with Gasteiger partial charge in [0.2, 0.25) is 0 Å². The first kappa shape index (κ1) is 12.0. The van der Waals surface area contributed by atoms with Gasteiger partial charge in [0.15, 0.2) is 0 Å². The summed E-state index contributed by atoms with van der Waals surface area (Å²) in [7, 11) is 2.18. The van der Waals surface area contributed by atoms with Gasteiger partial charge in [0.1, 0.15) is 6.29 Å². The van der Waals surface area contributed by atoms with Gasteiger partial charge in [-0.05, 0) is 45.8 Å². The Morgan fingerprint density at radius 1 is 1.19 bits per heavy atom. The summed E-state index contributed by atoms with van der Waals surface area (Å²) in [6.07, 6.45) is 5.11. The highest BCUT2D eigenvalue weighted by Gasteiger charge is 2.33. The summed E-state index contributed by atoms with van der Waals surface area (Å²) in [5.74, 6) is 0. The molecular weight excluding hydrogens is 202 g/mol. The number of hydrogen-bond acceptors (Lipinski definition) is 4. The minimum absolute atomic E-state index is 0.540. The first-order valence-electron chi connectivity index (χ1n) is 6.31. The zero-order chi connectivity index (χ0) is 11.6. The normalized spacial score (nSPS) is 29.1. The molecule has 0 saturated carbocycles. The summed E-state index contributed by atoms with van der Waals surface area (Å²) in [5.41, 5.74) is 5.43. The van der Waals surface area contributed by atoms with Crippen molar-refractivity contribution in [3.8, 4) is 0 Å². The van der Waals surface area contributed by atoms with E-state index in [0.29, 0.717) is 6.04 Å². The number of nitrogens with zero attached hydrogens (tertiary/aromatic N) is 2. The highest BCUT2D eigenvalue weighted by Crippen LogP contribution is 2.23. The molecule has 0 aliphatic carbocycles. The van der Waals surface area contributed by atoms with E-state index < -0.39 is 5.54 Å². The van der Waals surface area contributed by atoms with E-state index in [1.807, 2.05) is 0 Å². The average Bonchev–Trinajstić information content (AvgIpc) is 2.32. The molecule has 0 aromatic carbocycles. The first-order valence-corrected chi connectivity index (χ1v) is 6.31. The molecule has 0 aromatic rings. The molecule has 0 unspecified atom stereocenters. The molecule has 2 aliphatic rings. The molecule has 0 bridgehead atoms. The molecule has 0 spiro atoms. The van der Waals surface area contributed by atoms with E-state index in [1.165, 1.54) is 25.9 Å². The fourth-order valence-electron chi connectivity index (χ4n) is 2.78. The van der Waals surface area contributed by atoms with Crippen LogP contribution < -0.4 is 5.73 Å². The van der Waals surface area contributed by atoms with Crippen LogP contribution >= 0.6 is 0 Å². The molecular formula is C12H23N3O. The minimum atomic E-state index is -0.540. The van der Waals surface area contributed by atoms with E-state index in [4.69, 9.17) is 5.73 Å². The molecule has 2 saturated heterocycles. The van der Waals surface area contributed by atoms with Crippen molar-refractivity contribution in [3.63, 3.8) is 0 Å². The van der Waals surface area contributed by atoms with Crippen LogP contribution in [-0.4, -0.2) is 60.9 Å². The van der Waals surface area contributed by atoms with E-state index in [1.54, 1.807) is 0 Å². The summed E-state index contributed by atoms with van der Waals surface area (Å²) >= 11 is 0. The van der Waals surface area contributed by atoms with Gasteiger partial charge in [0, 0.05) is 19.1 Å². The van der Waals surface area contributed by atoms with Gasteiger partial charge in [-0.15, -0.1) is 0 Å². The maximum absolute atomic E-state index is 10.9. The third kappa shape index (κ3) is 2.62. The zero-order valence-electron chi connectivity index (χ0n) is 10.2. The lowest BCUT2D eigenvalue weighted by Gasteiger charge is -2.42. The van der Waals surface area contributed by atoms with E-state index in [0.717, 1.165) is 32.2 Å². The van der Waals surface area contributed by atoms with Gasteiger partial charge in [0.25, 0.3) is 0 Å². The molecule has 0 atom stereocenters. The number of rotatable bonds is 2. The van der Waals surface area contributed by atoms with Crippen molar-refractivity contribution < 1.29 is 4.79 Å². The maximum Gasteiger partial charge on any atom is 0.139 e. The smallest absolute Gasteiger partial charge is 0.139 e. The predicted molar refractivity (Wildman–Crippen MR) is 64.3 cm³/mol. The lowest BCUT2D eigenvalue weighted by molar-refractivity contribution is -0.114. The minimum Gasteiger partial charge on any atom is -0.319 e. The van der Waals surface area contributed by atoms with Crippen LogP contribution in [0.2, 0.25) is 0 Å². The second-order valence-electron chi connectivity index (χ2n) is 5.42. The van der Waals surface area contributed by atoms with Gasteiger partial charge < -0.3 is 20.3 Å². The van der Waals surface area contributed by atoms with Crippen LogP contribution in [0.1, 0.15) is 25.7 Å².